The fourth-order valence-corrected chi connectivity index (χ4v) is 5.31. The minimum absolute atomic E-state index is 0.00422. The van der Waals surface area contributed by atoms with Gasteiger partial charge in [-0.05, 0) is 37.6 Å². The summed E-state index contributed by atoms with van der Waals surface area (Å²) in [6.07, 6.45) is -0.125. The van der Waals surface area contributed by atoms with E-state index in [1.165, 1.54) is 13.8 Å². The maximum Gasteiger partial charge on any atom is 0.356 e. The summed E-state index contributed by atoms with van der Waals surface area (Å²) in [4.78, 5) is 58.1. The Labute approximate surface area is 211 Å². The van der Waals surface area contributed by atoms with E-state index in [9.17, 15) is 37.5 Å². The van der Waals surface area contributed by atoms with Gasteiger partial charge in [-0.25, -0.2) is 8.78 Å². The predicted molar refractivity (Wildman–Crippen MR) is 132 cm³/mol. The van der Waals surface area contributed by atoms with Crippen LogP contribution in [-0.4, -0.2) is 55.6 Å². The van der Waals surface area contributed by atoms with Crippen molar-refractivity contribution in [2.24, 2.45) is 0 Å². The van der Waals surface area contributed by atoms with Gasteiger partial charge in [0.1, 0.15) is 24.6 Å². The average Bonchev–Trinajstić information content (AvgIpc) is 3.40. The highest BCUT2D eigenvalue weighted by Crippen LogP contribution is 2.34. The summed E-state index contributed by atoms with van der Waals surface area (Å²) in [6.45, 7) is 1.84. The number of benzene rings is 2. The second-order valence-electron chi connectivity index (χ2n) is 9.14. The molecule has 1 fully saturated rings. The quantitative estimate of drug-likeness (QED) is 0.316. The molecular formula is C25H26F2N3O6P. The van der Waals surface area contributed by atoms with Crippen molar-refractivity contribution in [2.75, 3.05) is 6.54 Å². The Hall–Kier alpha value is -3.40. The van der Waals surface area contributed by atoms with E-state index in [2.05, 4.69) is 5.32 Å². The lowest BCUT2D eigenvalue weighted by Crippen LogP contribution is -2.46. The van der Waals surface area contributed by atoms with Gasteiger partial charge in [-0.15, -0.1) is 0 Å². The van der Waals surface area contributed by atoms with Gasteiger partial charge in [-0.3, -0.25) is 18.9 Å². The topological polar surface area (TPSA) is 129 Å². The number of hydrogen-bond donors (Lipinski definition) is 3. The molecule has 0 bridgehead atoms. The van der Waals surface area contributed by atoms with Crippen LogP contribution in [0.1, 0.15) is 34.8 Å². The number of carbonyl (C=O) groups excluding carboxylic acids is 3. The maximum atomic E-state index is 14.5. The minimum Gasteiger partial charge on any atom is -0.350 e. The molecule has 2 aromatic carbocycles. The Balaban J connectivity index is 1.51. The number of carbonyl (C=O) groups is 3. The van der Waals surface area contributed by atoms with Gasteiger partial charge in [-0.2, -0.15) is 0 Å². The number of nitrogens with zero attached hydrogens (tertiary/aromatic N) is 2. The molecule has 3 N–H and O–H groups in total. The normalized spacial score (nSPS) is 17.8. The highest BCUT2D eigenvalue weighted by Gasteiger charge is 2.40. The summed E-state index contributed by atoms with van der Waals surface area (Å²) in [6, 6.07) is 7.92. The van der Waals surface area contributed by atoms with Crippen LogP contribution in [0.5, 0.6) is 0 Å². The molecule has 0 aliphatic carbocycles. The fraction of sp³-hybridized carbons (Fsp3) is 0.320. The third-order valence-corrected chi connectivity index (χ3v) is 7.38. The first-order valence-electron chi connectivity index (χ1n) is 11.5. The van der Waals surface area contributed by atoms with E-state index in [-0.39, 0.29) is 41.7 Å². The van der Waals surface area contributed by atoms with Gasteiger partial charge >= 0.3 is 7.60 Å². The van der Waals surface area contributed by atoms with Gasteiger partial charge in [0.2, 0.25) is 11.8 Å². The molecule has 37 heavy (non-hydrogen) atoms. The smallest absolute Gasteiger partial charge is 0.350 e. The zero-order valence-corrected chi connectivity index (χ0v) is 21.0. The molecule has 12 heteroatoms. The number of alkyl halides is 1. The van der Waals surface area contributed by atoms with Crippen LogP contribution in [0.25, 0.3) is 10.9 Å². The van der Waals surface area contributed by atoms with Crippen molar-refractivity contribution in [3.63, 3.8) is 0 Å². The van der Waals surface area contributed by atoms with Crippen molar-refractivity contribution < 1.29 is 37.5 Å². The first-order chi connectivity index (χ1) is 17.4. The SMILES string of the molecule is CC(=O)c1cn(CC(=O)N2C[C@H](F)C[C@H]2C(=O)NCc2cc(P(=O)(O)O)cc(C)c2F)c2ccccc12. The minimum atomic E-state index is -4.65. The van der Waals surface area contributed by atoms with E-state index in [0.29, 0.717) is 16.5 Å². The third kappa shape index (κ3) is 5.49. The largest absolute Gasteiger partial charge is 0.356 e. The van der Waals surface area contributed by atoms with E-state index >= 15 is 0 Å². The molecule has 2 amide bonds. The van der Waals surface area contributed by atoms with Crippen LogP contribution >= 0.6 is 7.60 Å². The first-order valence-corrected chi connectivity index (χ1v) is 13.1. The lowest BCUT2D eigenvalue weighted by molar-refractivity contribution is -0.139. The molecule has 1 aliphatic rings. The zero-order valence-electron chi connectivity index (χ0n) is 20.1. The molecule has 1 aromatic heterocycles. The number of likely N-dealkylation sites (tertiary alicyclic amines) is 1. The summed E-state index contributed by atoms with van der Waals surface area (Å²) < 4.78 is 42.1. The van der Waals surface area contributed by atoms with E-state index in [0.717, 1.165) is 17.0 Å². The number of amides is 2. The lowest BCUT2D eigenvalue weighted by atomic mass is 10.1. The molecule has 2 heterocycles. The van der Waals surface area contributed by atoms with Crippen molar-refractivity contribution in [2.45, 2.75) is 45.6 Å². The molecule has 3 aromatic rings. The van der Waals surface area contributed by atoms with Crippen LogP contribution in [0.2, 0.25) is 0 Å². The molecule has 4 rings (SSSR count). The van der Waals surface area contributed by atoms with Crippen LogP contribution in [0.3, 0.4) is 0 Å². The number of aryl methyl sites for hydroxylation is 1. The van der Waals surface area contributed by atoms with Crippen molar-refractivity contribution in [1.82, 2.24) is 14.8 Å². The van der Waals surface area contributed by atoms with E-state index in [4.69, 9.17) is 0 Å². The molecule has 196 valence electrons. The third-order valence-electron chi connectivity index (χ3n) is 6.45. The monoisotopic (exact) mass is 533 g/mol. The maximum absolute atomic E-state index is 14.5. The van der Waals surface area contributed by atoms with Crippen LogP contribution < -0.4 is 10.6 Å². The number of ketones is 1. The van der Waals surface area contributed by atoms with Crippen LogP contribution in [0, 0.1) is 12.7 Å². The molecule has 1 saturated heterocycles. The Kier molecular flexibility index (Phi) is 7.32. The number of aromatic nitrogens is 1. The highest BCUT2D eigenvalue weighted by atomic mass is 31.2. The van der Waals surface area contributed by atoms with Gasteiger partial charge in [0.15, 0.2) is 5.78 Å². The standard InChI is InChI=1S/C25H26F2N3O6P/c1-14-7-18(37(34,35)36)8-16(24(14)27)10-28-25(33)22-9-17(26)11-30(22)23(32)13-29-12-20(15(2)31)19-5-3-4-6-21(19)29/h3-8,12,17,22H,9-11,13H2,1-2H3,(H,28,33)(H2,34,35,36)/t17-,22+/m1/s1. The Bertz CT molecular complexity index is 1450. The highest BCUT2D eigenvalue weighted by molar-refractivity contribution is 7.60. The number of para-hydroxylation sites is 1. The number of rotatable bonds is 7. The zero-order chi connectivity index (χ0) is 27.1. The van der Waals surface area contributed by atoms with Crippen LogP contribution in [0.15, 0.2) is 42.6 Å². The van der Waals surface area contributed by atoms with Crippen molar-refractivity contribution in [1.29, 1.82) is 0 Å². The Morgan fingerprint density at radius 2 is 1.89 bits per heavy atom. The lowest BCUT2D eigenvalue weighted by Gasteiger charge is -2.24. The number of hydrogen-bond acceptors (Lipinski definition) is 4. The number of Topliss-reactive ketones (excluding diaryl/α,β-unsaturated/α-hetero) is 1. The number of fused-ring (bicyclic) bond motifs is 1. The van der Waals surface area contributed by atoms with E-state index in [1.54, 1.807) is 35.0 Å². The second kappa shape index (κ2) is 10.2. The first kappa shape index (κ1) is 26.7. The van der Waals surface area contributed by atoms with Crippen molar-refractivity contribution in [3.05, 3.63) is 65.1 Å². The molecule has 2 atom stereocenters. The number of nitrogens with one attached hydrogen (secondary N) is 1. The Morgan fingerprint density at radius 3 is 2.57 bits per heavy atom. The summed E-state index contributed by atoms with van der Waals surface area (Å²) in [5.41, 5.74) is 0.941. The number of halogens is 2. The summed E-state index contributed by atoms with van der Waals surface area (Å²) in [5.74, 6) is -2.15. The fourth-order valence-electron chi connectivity index (χ4n) is 4.62. The predicted octanol–water partition coefficient (Wildman–Crippen LogP) is 2.35. The molecule has 0 spiro atoms. The van der Waals surface area contributed by atoms with Crippen LogP contribution in [-0.2, 0) is 27.2 Å². The molecule has 9 nitrogen and oxygen atoms in total. The van der Waals surface area contributed by atoms with E-state index < -0.39 is 44.0 Å². The summed E-state index contributed by atoms with van der Waals surface area (Å²) >= 11 is 0. The van der Waals surface area contributed by atoms with Crippen LogP contribution in [0.4, 0.5) is 8.78 Å². The van der Waals surface area contributed by atoms with Crippen molar-refractivity contribution in [3.8, 4) is 0 Å². The van der Waals surface area contributed by atoms with Gasteiger partial charge in [0.05, 0.1) is 11.8 Å². The van der Waals surface area contributed by atoms with Gasteiger partial charge in [0, 0.05) is 41.2 Å². The molecule has 0 saturated carbocycles. The van der Waals surface area contributed by atoms with Crippen molar-refractivity contribution >= 4 is 41.4 Å². The summed E-state index contributed by atoms with van der Waals surface area (Å²) in [7, 11) is -4.65. The Morgan fingerprint density at radius 1 is 1.19 bits per heavy atom. The van der Waals surface area contributed by atoms with Gasteiger partial charge < -0.3 is 24.6 Å². The molecule has 0 radical (unpaired) electrons. The van der Waals surface area contributed by atoms with Gasteiger partial charge in [0.25, 0.3) is 0 Å². The second-order valence-corrected chi connectivity index (χ2v) is 10.7. The van der Waals surface area contributed by atoms with E-state index in [1.807, 2.05) is 0 Å². The molecule has 1 aliphatic heterocycles. The van der Waals surface area contributed by atoms with Gasteiger partial charge in [-0.1, -0.05) is 18.2 Å². The molecular weight excluding hydrogens is 507 g/mol. The summed E-state index contributed by atoms with van der Waals surface area (Å²) in [5, 5.41) is 2.75. The average molecular weight is 533 g/mol. The molecule has 0 unspecified atom stereocenters.